The van der Waals surface area contributed by atoms with Crippen LogP contribution in [0.25, 0.3) is 0 Å². The van der Waals surface area contributed by atoms with Crippen molar-refractivity contribution in [2.45, 2.75) is 51.0 Å². The Morgan fingerprint density at radius 3 is 2.61 bits per heavy atom. The predicted octanol–water partition coefficient (Wildman–Crippen LogP) is 3.80. The fourth-order valence-corrected chi connectivity index (χ4v) is 6.37. The summed E-state index contributed by atoms with van der Waals surface area (Å²) in [6.07, 6.45) is 12.7. The van der Waals surface area contributed by atoms with Crippen molar-refractivity contribution < 1.29 is 14.3 Å². The lowest BCUT2D eigenvalue weighted by Gasteiger charge is -2.32. The maximum Gasteiger partial charge on any atom is 0.251 e. The normalized spacial score (nSPS) is 30.6. The van der Waals surface area contributed by atoms with Crippen molar-refractivity contribution in [2.24, 2.45) is 29.1 Å². The van der Waals surface area contributed by atoms with Gasteiger partial charge in [-0.25, -0.2) is 0 Å². The van der Waals surface area contributed by atoms with E-state index >= 15 is 0 Å². The molecule has 31 heavy (non-hydrogen) atoms. The Hall–Kier alpha value is -2.30. The van der Waals surface area contributed by atoms with Crippen LogP contribution in [0.4, 0.5) is 0 Å². The number of piperidine rings is 1. The van der Waals surface area contributed by atoms with E-state index in [-0.39, 0.29) is 17.9 Å². The second kappa shape index (κ2) is 7.39. The molecule has 4 aliphatic carbocycles. The number of hydrogen-bond donors (Lipinski definition) is 1. The molecule has 1 saturated heterocycles. The Labute approximate surface area is 184 Å². The highest BCUT2D eigenvalue weighted by Crippen LogP contribution is 2.69. The summed E-state index contributed by atoms with van der Waals surface area (Å²) in [6.45, 7) is 2.32. The zero-order valence-corrected chi connectivity index (χ0v) is 18.1. The summed E-state index contributed by atoms with van der Waals surface area (Å²) in [6, 6.07) is 7.55. The van der Waals surface area contributed by atoms with Gasteiger partial charge < -0.3 is 15.0 Å². The summed E-state index contributed by atoms with van der Waals surface area (Å²) < 4.78 is 6.18. The Kier molecular flexibility index (Phi) is 4.62. The van der Waals surface area contributed by atoms with Crippen molar-refractivity contribution in [1.82, 2.24) is 10.2 Å². The average Bonchev–Trinajstić information content (AvgIpc) is 3.71. The molecule has 0 aromatic heterocycles. The summed E-state index contributed by atoms with van der Waals surface area (Å²) in [5.41, 5.74) is 1.24. The molecule has 1 aromatic carbocycles. The van der Waals surface area contributed by atoms with Crippen molar-refractivity contribution in [3.63, 3.8) is 0 Å². The van der Waals surface area contributed by atoms with Gasteiger partial charge >= 0.3 is 0 Å². The van der Waals surface area contributed by atoms with Crippen LogP contribution in [0.5, 0.6) is 5.75 Å². The molecule has 0 radical (unpaired) electrons. The lowest BCUT2D eigenvalue weighted by atomic mass is 9.89. The summed E-state index contributed by atoms with van der Waals surface area (Å²) in [7, 11) is 0. The van der Waals surface area contributed by atoms with Crippen molar-refractivity contribution >= 4 is 11.8 Å². The number of allylic oxidation sites excluding steroid dienone is 2. The minimum Gasteiger partial charge on any atom is -0.490 e. The largest absolute Gasteiger partial charge is 0.490 e. The number of rotatable bonds is 6. The number of hydrogen-bond acceptors (Lipinski definition) is 3. The number of likely N-dealkylation sites (tertiary alicyclic amines) is 1. The zero-order chi connectivity index (χ0) is 21.0. The van der Waals surface area contributed by atoms with Crippen LogP contribution in [-0.4, -0.2) is 42.5 Å². The number of carbonyl (C=O) groups is 2. The first-order chi connectivity index (χ1) is 15.1. The molecule has 1 spiro atoms. The van der Waals surface area contributed by atoms with Crippen LogP contribution >= 0.6 is 0 Å². The molecule has 1 aliphatic heterocycles. The molecule has 6 rings (SSSR count). The molecule has 0 unspecified atom stereocenters. The lowest BCUT2D eigenvalue weighted by Crippen LogP contribution is -2.42. The van der Waals surface area contributed by atoms with E-state index in [0.29, 0.717) is 28.7 Å². The minimum atomic E-state index is -0.00750. The molecule has 1 heterocycles. The Morgan fingerprint density at radius 1 is 1.10 bits per heavy atom. The van der Waals surface area contributed by atoms with Crippen molar-refractivity contribution in [3.05, 3.63) is 42.0 Å². The third-order valence-corrected chi connectivity index (χ3v) is 8.45. The molecule has 5 nitrogen and oxygen atoms in total. The van der Waals surface area contributed by atoms with Crippen LogP contribution in [0.3, 0.4) is 0 Å². The topological polar surface area (TPSA) is 58.6 Å². The van der Waals surface area contributed by atoms with E-state index in [4.69, 9.17) is 4.74 Å². The van der Waals surface area contributed by atoms with E-state index in [0.717, 1.165) is 57.0 Å². The highest BCUT2D eigenvalue weighted by atomic mass is 16.5. The molecule has 2 bridgehead atoms. The quantitative estimate of drug-likeness (QED) is 0.712. The molecule has 3 saturated carbocycles. The van der Waals surface area contributed by atoms with Gasteiger partial charge in [0.1, 0.15) is 11.9 Å². The van der Waals surface area contributed by atoms with Gasteiger partial charge in [0.15, 0.2) is 0 Å². The molecule has 1 N–H and O–H groups in total. The van der Waals surface area contributed by atoms with Gasteiger partial charge in [-0.05, 0) is 73.5 Å². The zero-order valence-electron chi connectivity index (χ0n) is 18.1. The van der Waals surface area contributed by atoms with Crippen molar-refractivity contribution in [2.75, 3.05) is 19.6 Å². The van der Waals surface area contributed by atoms with Gasteiger partial charge in [-0.3, -0.25) is 9.59 Å². The molecule has 5 heteroatoms. The van der Waals surface area contributed by atoms with Crippen LogP contribution in [-0.2, 0) is 4.79 Å². The van der Waals surface area contributed by atoms with Crippen molar-refractivity contribution in [1.29, 1.82) is 0 Å². The molecular formula is C26H32N2O3. The Morgan fingerprint density at radius 2 is 1.90 bits per heavy atom. The summed E-state index contributed by atoms with van der Waals surface area (Å²) in [5, 5.41) is 3.18. The van der Waals surface area contributed by atoms with Crippen LogP contribution in [0.2, 0.25) is 0 Å². The lowest BCUT2D eigenvalue weighted by molar-refractivity contribution is -0.134. The Balaban J connectivity index is 1.01. The number of nitrogens with zero attached hydrogens (tertiary/aromatic N) is 1. The second-order valence-electron chi connectivity index (χ2n) is 10.4. The molecule has 5 aliphatic rings. The number of carbonyl (C=O) groups excluding carboxylic acids is 2. The molecule has 4 fully saturated rings. The first-order valence-electron chi connectivity index (χ1n) is 12.1. The minimum absolute atomic E-state index is 0.00750. The number of benzene rings is 1. The molecular weight excluding hydrogens is 388 g/mol. The predicted molar refractivity (Wildman–Crippen MR) is 118 cm³/mol. The summed E-state index contributed by atoms with van der Waals surface area (Å²) in [5.74, 6) is 3.37. The average molecular weight is 421 g/mol. The highest BCUT2D eigenvalue weighted by Gasteiger charge is 2.62. The van der Waals surface area contributed by atoms with Crippen LogP contribution in [0, 0.1) is 29.1 Å². The first kappa shape index (κ1) is 19.4. The fourth-order valence-electron chi connectivity index (χ4n) is 6.37. The third kappa shape index (κ3) is 3.56. The molecule has 2 amide bonds. The van der Waals surface area contributed by atoms with E-state index in [1.807, 2.05) is 29.2 Å². The van der Waals surface area contributed by atoms with Gasteiger partial charge in [0.2, 0.25) is 5.91 Å². The SMILES string of the molecule is O=C(NC[C@@H]1C[C@@H]2C=C[C@@H]1C21CC1)c1cccc(OC2CCN(C(=O)C3CC3)CC2)c1. The van der Waals surface area contributed by atoms with Crippen LogP contribution < -0.4 is 10.1 Å². The van der Waals surface area contributed by atoms with E-state index in [1.165, 1.54) is 19.3 Å². The number of amides is 2. The summed E-state index contributed by atoms with van der Waals surface area (Å²) in [4.78, 5) is 27.0. The monoisotopic (exact) mass is 420 g/mol. The van der Waals surface area contributed by atoms with E-state index in [9.17, 15) is 9.59 Å². The highest BCUT2D eigenvalue weighted by molar-refractivity contribution is 5.94. The van der Waals surface area contributed by atoms with Gasteiger partial charge in [0.05, 0.1) is 0 Å². The Bertz CT molecular complexity index is 909. The second-order valence-corrected chi connectivity index (χ2v) is 10.4. The van der Waals surface area contributed by atoms with Crippen LogP contribution in [0.1, 0.15) is 55.3 Å². The number of nitrogens with one attached hydrogen (secondary N) is 1. The van der Waals surface area contributed by atoms with Crippen molar-refractivity contribution in [3.8, 4) is 5.75 Å². The van der Waals surface area contributed by atoms with Gasteiger partial charge in [-0.2, -0.15) is 0 Å². The van der Waals surface area contributed by atoms with Gasteiger partial charge in [0, 0.05) is 44.0 Å². The molecule has 1 aromatic rings. The smallest absolute Gasteiger partial charge is 0.251 e. The van der Waals surface area contributed by atoms with Crippen LogP contribution in [0.15, 0.2) is 36.4 Å². The fraction of sp³-hybridized carbons (Fsp3) is 0.615. The third-order valence-electron chi connectivity index (χ3n) is 8.45. The maximum absolute atomic E-state index is 12.8. The molecule has 3 atom stereocenters. The standard InChI is InChI=1S/C26H32N2O3/c29-24(27-16-19-14-20-6-7-23(19)26(20)10-11-26)18-2-1-3-22(15-18)31-21-8-12-28(13-9-21)25(30)17-4-5-17/h1-3,6-7,15,17,19-21,23H,4-5,8-14,16H2,(H,27,29)/t19-,20-,23-/m0/s1. The van der Waals surface area contributed by atoms with Gasteiger partial charge in [-0.15, -0.1) is 0 Å². The summed E-state index contributed by atoms with van der Waals surface area (Å²) >= 11 is 0. The van der Waals surface area contributed by atoms with E-state index < -0.39 is 0 Å². The molecule has 164 valence electrons. The van der Waals surface area contributed by atoms with Gasteiger partial charge in [-0.1, -0.05) is 18.2 Å². The van der Waals surface area contributed by atoms with Gasteiger partial charge in [0.25, 0.3) is 5.91 Å². The van der Waals surface area contributed by atoms with E-state index in [2.05, 4.69) is 17.5 Å². The first-order valence-corrected chi connectivity index (χ1v) is 12.1. The maximum atomic E-state index is 12.8. The van der Waals surface area contributed by atoms with E-state index in [1.54, 1.807) is 0 Å². The number of ether oxygens (including phenoxy) is 1.